The smallest absolute Gasteiger partial charge is 0.211 e. The minimum atomic E-state index is -5.26. The molecule has 0 spiro atoms. The standard InChI is InChI=1S/C8H4ClF5O2S/c9-17(15,16)7(8(12,13)14)4-1-5(10)3-6(11)2-4/h1-3,7H. The summed E-state index contributed by atoms with van der Waals surface area (Å²) in [5.41, 5.74) is -1.11. The Morgan fingerprint density at radius 3 is 1.76 bits per heavy atom. The van der Waals surface area contributed by atoms with Gasteiger partial charge in [-0.1, -0.05) is 0 Å². The third-order valence-corrected chi connectivity index (χ3v) is 3.40. The minimum Gasteiger partial charge on any atom is -0.211 e. The zero-order valence-electron chi connectivity index (χ0n) is 7.80. The minimum absolute atomic E-state index is 0.265. The highest BCUT2D eigenvalue weighted by atomic mass is 35.7. The van der Waals surface area contributed by atoms with Crippen LogP contribution in [0.5, 0.6) is 0 Å². The van der Waals surface area contributed by atoms with Crippen molar-refractivity contribution in [2.75, 3.05) is 0 Å². The fourth-order valence-electron chi connectivity index (χ4n) is 1.24. The molecule has 0 aliphatic rings. The van der Waals surface area contributed by atoms with Gasteiger partial charge in [-0.25, -0.2) is 17.2 Å². The predicted molar refractivity (Wildman–Crippen MR) is 49.9 cm³/mol. The molecule has 1 unspecified atom stereocenters. The molecule has 0 N–H and O–H groups in total. The average Bonchev–Trinajstić information content (AvgIpc) is 1.93. The first-order valence-electron chi connectivity index (χ1n) is 3.98. The van der Waals surface area contributed by atoms with Gasteiger partial charge in [-0.3, -0.25) is 0 Å². The number of halogens is 6. The van der Waals surface area contributed by atoms with E-state index < -0.39 is 37.7 Å². The van der Waals surface area contributed by atoms with Crippen LogP contribution in [-0.2, 0) is 9.05 Å². The van der Waals surface area contributed by atoms with Crippen molar-refractivity contribution in [1.29, 1.82) is 0 Å². The maximum absolute atomic E-state index is 12.7. The third-order valence-electron chi connectivity index (χ3n) is 1.77. The summed E-state index contributed by atoms with van der Waals surface area (Å²) in [5.74, 6) is -2.65. The van der Waals surface area contributed by atoms with Crippen LogP contribution in [0.15, 0.2) is 18.2 Å². The Hall–Kier alpha value is -0.890. The van der Waals surface area contributed by atoms with Crippen molar-refractivity contribution >= 4 is 19.7 Å². The molecule has 0 saturated carbocycles. The molecule has 1 rings (SSSR count). The Morgan fingerprint density at radius 2 is 1.47 bits per heavy atom. The third kappa shape index (κ3) is 3.53. The summed E-state index contributed by atoms with van der Waals surface area (Å²) < 4.78 is 84.4. The van der Waals surface area contributed by atoms with Crippen molar-refractivity contribution < 1.29 is 30.4 Å². The van der Waals surface area contributed by atoms with Crippen LogP contribution in [0.3, 0.4) is 0 Å². The van der Waals surface area contributed by atoms with Crippen LogP contribution in [0.1, 0.15) is 10.8 Å². The first kappa shape index (κ1) is 14.2. The first-order valence-corrected chi connectivity index (χ1v) is 6.35. The van der Waals surface area contributed by atoms with Crippen LogP contribution in [-0.4, -0.2) is 14.6 Å². The van der Waals surface area contributed by atoms with Gasteiger partial charge in [-0.15, -0.1) is 0 Å². The SMILES string of the molecule is O=S(=O)(Cl)C(c1cc(F)cc(F)c1)C(F)(F)F. The molecule has 0 aliphatic carbocycles. The van der Waals surface area contributed by atoms with E-state index in [1.54, 1.807) is 0 Å². The van der Waals surface area contributed by atoms with Gasteiger partial charge in [0.2, 0.25) is 9.05 Å². The molecule has 9 heteroatoms. The maximum atomic E-state index is 12.7. The van der Waals surface area contributed by atoms with Crippen molar-refractivity contribution in [2.24, 2.45) is 0 Å². The Bertz CT molecular complexity index is 505. The van der Waals surface area contributed by atoms with Crippen LogP contribution in [0.2, 0.25) is 0 Å². The van der Waals surface area contributed by atoms with Crippen molar-refractivity contribution in [3.8, 4) is 0 Å². The largest absolute Gasteiger partial charge is 0.410 e. The van der Waals surface area contributed by atoms with E-state index >= 15 is 0 Å². The molecule has 0 radical (unpaired) electrons. The normalized spacial score (nSPS) is 14.7. The Morgan fingerprint density at radius 1 is 1.06 bits per heavy atom. The number of rotatable bonds is 2. The molecule has 1 aromatic carbocycles. The van der Waals surface area contributed by atoms with E-state index in [9.17, 15) is 30.4 Å². The van der Waals surface area contributed by atoms with Crippen LogP contribution in [0, 0.1) is 11.6 Å². The molecule has 0 fully saturated rings. The summed E-state index contributed by atoms with van der Waals surface area (Å²) in [6.45, 7) is 0. The molecule has 17 heavy (non-hydrogen) atoms. The van der Waals surface area contributed by atoms with Crippen molar-refractivity contribution in [3.63, 3.8) is 0 Å². The van der Waals surface area contributed by atoms with E-state index in [0.717, 1.165) is 0 Å². The van der Waals surface area contributed by atoms with E-state index in [4.69, 9.17) is 0 Å². The molecule has 0 aromatic heterocycles. The summed E-state index contributed by atoms with van der Waals surface area (Å²) in [4.78, 5) is 0. The molecule has 1 aromatic rings. The molecule has 1 atom stereocenters. The maximum Gasteiger partial charge on any atom is 0.410 e. The lowest BCUT2D eigenvalue weighted by molar-refractivity contribution is -0.131. The van der Waals surface area contributed by atoms with Crippen molar-refractivity contribution in [1.82, 2.24) is 0 Å². The van der Waals surface area contributed by atoms with Gasteiger partial charge in [0.25, 0.3) is 0 Å². The van der Waals surface area contributed by atoms with Gasteiger partial charge in [0.05, 0.1) is 0 Å². The molecule has 0 bridgehead atoms. The summed E-state index contributed by atoms with van der Waals surface area (Å²) in [7, 11) is -0.465. The molecule has 0 saturated heterocycles. The summed E-state index contributed by atoms with van der Waals surface area (Å²) in [6, 6.07) is 0.847. The summed E-state index contributed by atoms with van der Waals surface area (Å²) in [6.07, 6.45) is -5.26. The summed E-state index contributed by atoms with van der Waals surface area (Å²) in [5, 5.41) is -3.16. The number of hydrogen-bond donors (Lipinski definition) is 0. The zero-order valence-corrected chi connectivity index (χ0v) is 9.37. The molecule has 0 heterocycles. The van der Waals surface area contributed by atoms with E-state index in [2.05, 4.69) is 10.7 Å². The predicted octanol–water partition coefficient (Wildman–Crippen LogP) is 3.14. The molecule has 0 amide bonds. The quantitative estimate of drug-likeness (QED) is 0.620. The number of benzene rings is 1. The Kier molecular flexibility index (Phi) is 3.68. The number of hydrogen-bond acceptors (Lipinski definition) is 2. The van der Waals surface area contributed by atoms with E-state index in [1.807, 2.05) is 0 Å². The highest BCUT2D eigenvalue weighted by Gasteiger charge is 2.49. The molecule has 2 nitrogen and oxygen atoms in total. The van der Waals surface area contributed by atoms with Crippen LogP contribution in [0.4, 0.5) is 22.0 Å². The lowest BCUT2D eigenvalue weighted by Gasteiger charge is -2.17. The fourth-order valence-corrected chi connectivity index (χ4v) is 2.63. The highest BCUT2D eigenvalue weighted by Crippen LogP contribution is 2.41. The second-order valence-electron chi connectivity index (χ2n) is 3.10. The zero-order chi connectivity index (χ0) is 13.4. The number of alkyl halides is 3. The summed E-state index contributed by atoms with van der Waals surface area (Å²) >= 11 is 0. The van der Waals surface area contributed by atoms with E-state index in [0.29, 0.717) is 6.07 Å². The van der Waals surface area contributed by atoms with Crippen LogP contribution >= 0.6 is 10.7 Å². The van der Waals surface area contributed by atoms with Gasteiger partial charge in [-0.2, -0.15) is 13.2 Å². The lowest BCUT2D eigenvalue weighted by atomic mass is 10.1. The van der Waals surface area contributed by atoms with Crippen LogP contribution < -0.4 is 0 Å². The second-order valence-corrected chi connectivity index (χ2v) is 5.81. The Balaban J connectivity index is 3.44. The molecule has 96 valence electrons. The van der Waals surface area contributed by atoms with Crippen molar-refractivity contribution in [3.05, 3.63) is 35.4 Å². The van der Waals surface area contributed by atoms with E-state index in [-0.39, 0.29) is 12.1 Å². The van der Waals surface area contributed by atoms with Gasteiger partial charge >= 0.3 is 6.18 Å². The first-order chi connectivity index (χ1) is 7.51. The van der Waals surface area contributed by atoms with Crippen LogP contribution in [0.25, 0.3) is 0 Å². The fraction of sp³-hybridized carbons (Fsp3) is 0.250. The van der Waals surface area contributed by atoms with Gasteiger partial charge in [-0.05, 0) is 17.7 Å². The van der Waals surface area contributed by atoms with Gasteiger partial charge in [0.15, 0.2) is 5.25 Å². The molecule has 0 aliphatic heterocycles. The highest BCUT2D eigenvalue weighted by molar-refractivity contribution is 8.14. The van der Waals surface area contributed by atoms with E-state index in [1.165, 1.54) is 0 Å². The topological polar surface area (TPSA) is 34.1 Å². The van der Waals surface area contributed by atoms with Crippen molar-refractivity contribution in [2.45, 2.75) is 11.4 Å². The van der Waals surface area contributed by atoms with Gasteiger partial charge in [0.1, 0.15) is 11.6 Å². The monoisotopic (exact) mass is 294 g/mol. The second kappa shape index (κ2) is 4.41. The Labute approximate surface area is 97.4 Å². The van der Waals surface area contributed by atoms with Gasteiger partial charge < -0.3 is 0 Å². The molecular formula is C8H4ClF5O2S. The molecular weight excluding hydrogens is 291 g/mol. The average molecular weight is 295 g/mol. The van der Waals surface area contributed by atoms with Gasteiger partial charge in [0, 0.05) is 16.7 Å². The lowest BCUT2D eigenvalue weighted by Crippen LogP contribution is -2.26.